The van der Waals surface area contributed by atoms with Gasteiger partial charge in [-0.05, 0) is 61.5 Å². The minimum atomic E-state index is -3.97. The van der Waals surface area contributed by atoms with Gasteiger partial charge in [0.25, 0.3) is 5.91 Å². The van der Waals surface area contributed by atoms with E-state index in [2.05, 4.69) is 27.3 Å². The number of carbonyl (C=O) groups excluding carboxylic acids is 4. The molecule has 4 heterocycles. The number of benzene rings is 1. The number of nitrogens with zero attached hydrogens (tertiary/aromatic N) is 5. The zero-order valence-electron chi connectivity index (χ0n) is 34.7. The highest BCUT2D eigenvalue weighted by molar-refractivity contribution is 7.89. The summed E-state index contributed by atoms with van der Waals surface area (Å²) in [6, 6.07) is 3.27. The quantitative estimate of drug-likeness (QED) is 0.250. The fraction of sp³-hybridized carbons (Fsp3) is 0.585. The van der Waals surface area contributed by atoms with Gasteiger partial charge in [-0.3, -0.25) is 23.8 Å². The first-order valence-electron chi connectivity index (χ1n) is 20.3. The number of fused-ring (bicyclic) bond motifs is 3. The molecule has 4 aliphatic rings. The Hall–Kier alpha value is -5.46. The molecule has 18 nitrogen and oxygen atoms in total. The molecular formula is C41H54N8O10S. The zero-order valence-corrected chi connectivity index (χ0v) is 35.5. The predicted octanol–water partition coefficient (Wildman–Crippen LogP) is 3.08. The third-order valence-corrected chi connectivity index (χ3v) is 12.5. The van der Waals surface area contributed by atoms with Gasteiger partial charge in [-0.2, -0.15) is 5.10 Å². The first kappa shape index (κ1) is 42.7. The summed E-state index contributed by atoms with van der Waals surface area (Å²) in [6.45, 7) is 7.87. The number of hydrogen-bond donors (Lipinski definition) is 3. The number of sulfonamides is 1. The first-order chi connectivity index (χ1) is 28.5. The number of amides is 4. The summed E-state index contributed by atoms with van der Waals surface area (Å²) in [5.41, 5.74) is -0.571. The molecule has 60 heavy (non-hydrogen) atoms. The molecular weight excluding hydrogens is 797 g/mol. The molecule has 3 aromatic rings. The summed E-state index contributed by atoms with van der Waals surface area (Å²) >= 11 is 0. The van der Waals surface area contributed by atoms with Gasteiger partial charge in [-0.1, -0.05) is 32.8 Å². The van der Waals surface area contributed by atoms with Gasteiger partial charge < -0.3 is 34.5 Å². The van der Waals surface area contributed by atoms with Crippen LogP contribution in [0.25, 0.3) is 10.9 Å². The van der Waals surface area contributed by atoms with Crippen LogP contribution in [0.2, 0.25) is 0 Å². The van der Waals surface area contributed by atoms with Crippen LogP contribution in [0.4, 0.5) is 4.79 Å². The first-order valence-corrected chi connectivity index (χ1v) is 22.2. The number of aryl methyl sites for hydroxylation is 2. The van der Waals surface area contributed by atoms with E-state index in [1.165, 1.54) is 11.0 Å². The Morgan fingerprint density at radius 3 is 2.58 bits per heavy atom. The number of pyridine rings is 1. The number of alkyl carbamates (subject to hydrolysis) is 1. The van der Waals surface area contributed by atoms with Gasteiger partial charge in [0.05, 0.1) is 32.0 Å². The van der Waals surface area contributed by atoms with Crippen molar-refractivity contribution in [3.63, 3.8) is 0 Å². The van der Waals surface area contributed by atoms with Crippen molar-refractivity contribution in [1.82, 2.24) is 40.0 Å². The SMILES string of the molecule is C=C[C@H]1C[C@]1(NC(=O)[C@@H]1C[C@@H]2CN1C(=O)[C@H](C1CCCC1)NC(=O)OCC(C)(C)CCCc1cc3c(cc(OCc4ncn(C)n4)nc3cc1OC)O2)C(=O)NS(C)(=O)=O. The van der Waals surface area contributed by atoms with Crippen molar-refractivity contribution in [3.8, 4) is 17.4 Å². The maximum absolute atomic E-state index is 14.9. The Morgan fingerprint density at radius 1 is 1.15 bits per heavy atom. The van der Waals surface area contributed by atoms with Crippen LogP contribution in [0.1, 0.15) is 76.6 Å². The molecule has 3 fully saturated rings. The molecule has 4 amide bonds. The van der Waals surface area contributed by atoms with E-state index in [9.17, 15) is 27.6 Å². The summed E-state index contributed by atoms with van der Waals surface area (Å²) in [6.07, 6.45) is 7.73. The van der Waals surface area contributed by atoms with E-state index >= 15 is 0 Å². The number of ether oxygens (including phenoxy) is 4. The van der Waals surface area contributed by atoms with Crippen molar-refractivity contribution in [2.45, 2.75) is 102 Å². The molecule has 1 saturated heterocycles. The molecule has 0 spiro atoms. The lowest BCUT2D eigenvalue weighted by Crippen LogP contribution is -2.59. The minimum Gasteiger partial charge on any atom is -0.496 e. The highest BCUT2D eigenvalue weighted by atomic mass is 32.2. The molecule has 2 aliphatic heterocycles. The van der Waals surface area contributed by atoms with Gasteiger partial charge in [-0.25, -0.2) is 23.2 Å². The van der Waals surface area contributed by atoms with Crippen molar-refractivity contribution < 1.29 is 46.5 Å². The Labute approximate surface area is 349 Å². The molecule has 7 rings (SSSR count). The molecule has 4 bridgehead atoms. The van der Waals surface area contributed by atoms with Gasteiger partial charge in [0.15, 0.2) is 12.4 Å². The maximum atomic E-state index is 14.9. The predicted molar refractivity (Wildman–Crippen MR) is 217 cm³/mol. The van der Waals surface area contributed by atoms with Crippen molar-refractivity contribution >= 4 is 44.7 Å². The second-order valence-corrected chi connectivity index (χ2v) is 19.0. The maximum Gasteiger partial charge on any atom is 0.407 e. The number of methoxy groups -OCH3 is 1. The smallest absolute Gasteiger partial charge is 0.407 e. The van der Waals surface area contributed by atoms with Gasteiger partial charge in [-0.15, -0.1) is 6.58 Å². The highest BCUT2D eigenvalue weighted by Crippen LogP contribution is 2.45. The zero-order chi connectivity index (χ0) is 43.0. The second kappa shape index (κ2) is 16.9. The summed E-state index contributed by atoms with van der Waals surface area (Å²) in [4.78, 5) is 66.6. The van der Waals surface area contributed by atoms with Gasteiger partial charge >= 0.3 is 6.09 Å². The van der Waals surface area contributed by atoms with Gasteiger partial charge in [0.2, 0.25) is 27.7 Å². The van der Waals surface area contributed by atoms with Crippen LogP contribution in [-0.4, -0.2) is 107 Å². The van der Waals surface area contributed by atoms with E-state index in [0.717, 1.165) is 31.1 Å². The monoisotopic (exact) mass is 850 g/mol. The fourth-order valence-electron chi connectivity index (χ4n) is 8.65. The molecule has 0 radical (unpaired) electrons. The topological polar surface area (TPSA) is 222 Å². The van der Waals surface area contributed by atoms with Crippen LogP contribution in [0.3, 0.4) is 0 Å². The standard InChI is InChI=1S/C41H54N8O10S/c1-7-26-19-41(26,38(52)47-60(6,54)55)45-36(50)30-16-27-20-49(30)37(51)35(24-11-8-9-12-24)44-39(53)58-22-40(2,3)14-10-13-25-15-28-29(17-31(25)56-5)43-34(18-32(28)59-27)57-21-33-42-23-48(4)46-33/h7,15,17-18,23-24,26-27,30,35H,1,8-14,16,19-22H2,2-6H3,(H,44,53)(H,45,50)(H,47,52)/t26-,27+,30-,35-,41+/m0/s1. The van der Waals surface area contributed by atoms with E-state index in [0.29, 0.717) is 53.9 Å². The summed E-state index contributed by atoms with van der Waals surface area (Å²) in [7, 11) is -0.626. The van der Waals surface area contributed by atoms with Gasteiger partial charge in [0.1, 0.15) is 41.6 Å². The summed E-state index contributed by atoms with van der Waals surface area (Å²) in [5, 5.41) is 10.6. The molecule has 1 aromatic carbocycles. The fourth-order valence-corrected chi connectivity index (χ4v) is 9.17. The summed E-state index contributed by atoms with van der Waals surface area (Å²) in [5.74, 6) is -1.17. The van der Waals surface area contributed by atoms with Crippen LogP contribution >= 0.6 is 0 Å². The summed E-state index contributed by atoms with van der Waals surface area (Å²) < 4.78 is 52.2. The lowest BCUT2D eigenvalue weighted by molar-refractivity contribution is -0.142. The number of carbonyl (C=O) groups is 4. The Bertz CT molecular complexity index is 2280. The molecule has 19 heteroatoms. The Morgan fingerprint density at radius 2 is 1.92 bits per heavy atom. The second-order valence-electron chi connectivity index (χ2n) is 17.2. The van der Waals surface area contributed by atoms with Crippen LogP contribution in [0.15, 0.2) is 37.2 Å². The van der Waals surface area contributed by atoms with Crippen LogP contribution in [0.5, 0.6) is 17.4 Å². The van der Waals surface area contributed by atoms with Crippen LogP contribution in [0, 0.1) is 17.3 Å². The van der Waals surface area contributed by atoms with Crippen LogP contribution in [-0.2, 0) is 49.2 Å². The number of rotatable bonds is 10. The van der Waals surface area contributed by atoms with Crippen molar-refractivity contribution in [2.75, 3.05) is 26.5 Å². The molecule has 2 aliphatic carbocycles. The molecule has 5 atom stereocenters. The van der Waals surface area contributed by atoms with E-state index < -0.39 is 68.9 Å². The average Bonchev–Trinajstić information content (AvgIpc) is 3.59. The lowest BCUT2D eigenvalue weighted by atomic mass is 9.87. The third kappa shape index (κ3) is 9.45. The molecule has 0 unspecified atom stereocenters. The number of nitrogens with one attached hydrogen (secondary N) is 3. The molecule has 324 valence electrons. The van der Waals surface area contributed by atoms with Crippen molar-refractivity contribution in [2.24, 2.45) is 24.3 Å². The number of hydrogen-bond acceptors (Lipinski definition) is 13. The average molecular weight is 851 g/mol. The van der Waals surface area contributed by atoms with Crippen molar-refractivity contribution in [1.29, 1.82) is 0 Å². The minimum absolute atomic E-state index is 0.00298. The lowest BCUT2D eigenvalue weighted by Gasteiger charge is -2.32. The van der Waals surface area contributed by atoms with E-state index in [4.69, 9.17) is 23.9 Å². The Balaban J connectivity index is 1.28. The van der Waals surface area contributed by atoms with E-state index in [1.807, 2.05) is 30.7 Å². The van der Waals surface area contributed by atoms with Crippen LogP contribution < -0.4 is 29.6 Å². The number of cyclic esters (lactones) is 1. The van der Waals surface area contributed by atoms with E-state index in [-0.39, 0.29) is 44.4 Å². The number of aromatic nitrogens is 4. The third-order valence-electron chi connectivity index (χ3n) is 11.9. The Kier molecular flexibility index (Phi) is 12.0. The normalized spacial score (nSPS) is 26.0. The largest absolute Gasteiger partial charge is 0.496 e. The molecule has 2 aromatic heterocycles. The highest BCUT2D eigenvalue weighted by Gasteiger charge is 2.61. The van der Waals surface area contributed by atoms with Crippen molar-refractivity contribution in [3.05, 3.63) is 48.6 Å². The molecule has 3 N–H and O–H groups in total. The molecule has 2 saturated carbocycles. The van der Waals surface area contributed by atoms with E-state index in [1.54, 1.807) is 31.2 Å². The van der Waals surface area contributed by atoms with Gasteiger partial charge in [0, 0.05) is 36.9 Å².